The van der Waals surface area contributed by atoms with E-state index >= 15 is 0 Å². The molecule has 2 aromatic carbocycles. The standard InChI is InChI=1S/C18H12N2O6/c21-18-14(8-11-4-5-15-16(9-11)25-7-6-24-15)19-17(26-18)12-2-1-3-13(10-12)20(22)23/h1-5,8-10H,6-7H2. The fourth-order valence-electron chi connectivity index (χ4n) is 2.59. The Labute approximate surface area is 147 Å². The number of esters is 1. The van der Waals surface area contributed by atoms with E-state index in [1.54, 1.807) is 30.3 Å². The molecule has 0 saturated heterocycles. The van der Waals surface area contributed by atoms with E-state index in [9.17, 15) is 14.9 Å². The van der Waals surface area contributed by atoms with E-state index in [1.807, 2.05) is 0 Å². The predicted molar refractivity (Wildman–Crippen MR) is 91.1 cm³/mol. The van der Waals surface area contributed by atoms with Crippen molar-refractivity contribution in [2.75, 3.05) is 13.2 Å². The van der Waals surface area contributed by atoms with Crippen molar-refractivity contribution in [1.82, 2.24) is 0 Å². The number of nitrogens with zero attached hydrogens (tertiary/aromatic N) is 2. The number of hydrogen-bond donors (Lipinski definition) is 0. The van der Waals surface area contributed by atoms with Gasteiger partial charge < -0.3 is 14.2 Å². The van der Waals surface area contributed by atoms with Crippen LogP contribution in [0.4, 0.5) is 5.69 Å². The van der Waals surface area contributed by atoms with Crippen molar-refractivity contribution in [3.05, 3.63) is 69.4 Å². The quantitative estimate of drug-likeness (QED) is 0.364. The largest absolute Gasteiger partial charge is 0.486 e. The van der Waals surface area contributed by atoms with E-state index in [4.69, 9.17) is 14.2 Å². The van der Waals surface area contributed by atoms with Crippen molar-refractivity contribution in [3.63, 3.8) is 0 Å². The third-order valence-corrected chi connectivity index (χ3v) is 3.79. The van der Waals surface area contributed by atoms with E-state index < -0.39 is 10.9 Å². The molecule has 8 heteroatoms. The third kappa shape index (κ3) is 3.00. The number of carbonyl (C=O) groups excluding carboxylic acids is 1. The normalized spacial score (nSPS) is 17.0. The Morgan fingerprint density at radius 1 is 1.08 bits per heavy atom. The Morgan fingerprint density at radius 2 is 1.88 bits per heavy atom. The maximum Gasteiger partial charge on any atom is 0.363 e. The number of carbonyl (C=O) groups is 1. The van der Waals surface area contributed by atoms with Gasteiger partial charge >= 0.3 is 5.97 Å². The van der Waals surface area contributed by atoms with Gasteiger partial charge in [-0.05, 0) is 29.8 Å². The highest BCUT2D eigenvalue weighted by molar-refractivity contribution is 6.13. The summed E-state index contributed by atoms with van der Waals surface area (Å²) < 4.78 is 16.1. The Bertz CT molecular complexity index is 979. The SMILES string of the molecule is O=C1OC(c2cccc([N+](=O)[O-])c2)=NC1=Cc1ccc2c(c1)OCCO2. The lowest BCUT2D eigenvalue weighted by atomic mass is 10.1. The fraction of sp³-hybridized carbons (Fsp3) is 0.111. The maximum absolute atomic E-state index is 12.1. The molecule has 0 saturated carbocycles. The molecule has 2 aliphatic rings. The topological polar surface area (TPSA) is 100 Å². The molecule has 0 amide bonds. The summed E-state index contributed by atoms with van der Waals surface area (Å²) >= 11 is 0. The van der Waals surface area contributed by atoms with E-state index in [0.29, 0.717) is 35.8 Å². The van der Waals surface area contributed by atoms with Crippen LogP contribution in [0.3, 0.4) is 0 Å². The number of nitro benzene ring substituents is 1. The van der Waals surface area contributed by atoms with Crippen LogP contribution in [-0.4, -0.2) is 30.0 Å². The lowest BCUT2D eigenvalue weighted by Gasteiger charge is -2.18. The summed E-state index contributed by atoms with van der Waals surface area (Å²) in [5, 5.41) is 10.9. The van der Waals surface area contributed by atoms with Crippen molar-refractivity contribution in [3.8, 4) is 11.5 Å². The van der Waals surface area contributed by atoms with Gasteiger partial charge in [0.15, 0.2) is 17.2 Å². The summed E-state index contributed by atoms with van der Waals surface area (Å²) in [7, 11) is 0. The second-order valence-corrected chi connectivity index (χ2v) is 5.55. The van der Waals surface area contributed by atoms with Crippen LogP contribution in [0.15, 0.2) is 53.2 Å². The first-order valence-corrected chi connectivity index (χ1v) is 7.77. The molecule has 0 radical (unpaired) electrons. The molecule has 2 aliphatic heterocycles. The Hall–Kier alpha value is -3.68. The van der Waals surface area contributed by atoms with E-state index in [0.717, 1.165) is 0 Å². The van der Waals surface area contributed by atoms with Crippen LogP contribution in [0, 0.1) is 10.1 Å². The highest BCUT2D eigenvalue weighted by Gasteiger charge is 2.25. The summed E-state index contributed by atoms with van der Waals surface area (Å²) in [6.07, 6.45) is 1.56. The minimum absolute atomic E-state index is 0.0301. The van der Waals surface area contributed by atoms with Crippen LogP contribution in [-0.2, 0) is 9.53 Å². The predicted octanol–water partition coefficient (Wildman–Crippen LogP) is 2.71. The summed E-state index contributed by atoms with van der Waals surface area (Å²) in [6.45, 7) is 0.959. The molecule has 0 aromatic heterocycles. The van der Waals surface area contributed by atoms with Crippen LogP contribution in [0.5, 0.6) is 11.5 Å². The number of aliphatic imine (C=N–C) groups is 1. The first kappa shape index (κ1) is 15.8. The van der Waals surface area contributed by atoms with Crippen molar-refractivity contribution >= 4 is 23.6 Å². The fourth-order valence-corrected chi connectivity index (χ4v) is 2.59. The second kappa shape index (κ2) is 6.32. The van der Waals surface area contributed by atoms with Crippen LogP contribution in [0.25, 0.3) is 6.08 Å². The van der Waals surface area contributed by atoms with Gasteiger partial charge in [0.25, 0.3) is 5.69 Å². The number of nitro groups is 1. The summed E-state index contributed by atoms with van der Waals surface area (Å²) in [5.74, 6) is 0.650. The molecule has 0 unspecified atom stereocenters. The van der Waals surface area contributed by atoms with Gasteiger partial charge in [-0.15, -0.1) is 0 Å². The third-order valence-electron chi connectivity index (χ3n) is 3.79. The molecule has 0 fully saturated rings. The lowest BCUT2D eigenvalue weighted by Crippen LogP contribution is -2.15. The number of fused-ring (bicyclic) bond motifs is 1. The Balaban J connectivity index is 1.65. The smallest absolute Gasteiger partial charge is 0.363 e. The second-order valence-electron chi connectivity index (χ2n) is 5.55. The molecule has 0 aliphatic carbocycles. The molecular weight excluding hydrogens is 340 g/mol. The molecule has 0 N–H and O–H groups in total. The molecular formula is C18H12N2O6. The highest BCUT2D eigenvalue weighted by Crippen LogP contribution is 2.32. The minimum Gasteiger partial charge on any atom is -0.486 e. The van der Waals surface area contributed by atoms with Crippen LogP contribution < -0.4 is 9.47 Å². The number of cyclic esters (lactones) is 1. The average Bonchev–Trinajstić information content (AvgIpc) is 3.02. The Kier molecular flexibility index (Phi) is 3.85. The Morgan fingerprint density at radius 3 is 2.69 bits per heavy atom. The van der Waals surface area contributed by atoms with Gasteiger partial charge in [-0.1, -0.05) is 12.1 Å². The summed E-state index contributed by atoms with van der Waals surface area (Å²) in [4.78, 5) is 26.6. The van der Waals surface area contributed by atoms with E-state index in [-0.39, 0.29) is 17.3 Å². The zero-order valence-electron chi connectivity index (χ0n) is 13.4. The highest BCUT2D eigenvalue weighted by atomic mass is 16.6. The summed E-state index contributed by atoms with van der Waals surface area (Å²) in [6, 6.07) is 11.0. The van der Waals surface area contributed by atoms with Gasteiger partial charge in [-0.25, -0.2) is 9.79 Å². The van der Waals surface area contributed by atoms with Gasteiger partial charge in [0.2, 0.25) is 5.90 Å². The first-order chi connectivity index (χ1) is 12.6. The number of rotatable bonds is 3. The first-order valence-electron chi connectivity index (χ1n) is 7.77. The van der Waals surface area contributed by atoms with Gasteiger partial charge in [-0.3, -0.25) is 10.1 Å². The molecule has 4 rings (SSSR count). The molecule has 0 spiro atoms. The molecule has 0 bridgehead atoms. The van der Waals surface area contributed by atoms with Gasteiger partial charge in [0.05, 0.1) is 4.92 Å². The number of benzene rings is 2. The van der Waals surface area contributed by atoms with Crippen molar-refractivity contribution < 1.29 is 23.9 Å². The van der Waals surface area contributed by atoms with Crippen LogP contribution in [0.1, 0.15) is 11.1 Å². The molecule has 130 valence electrons. The molecule has 0 atom stereocenters. The van der Waals surface area contributed by atoms with Crippen LogP contribution in [0.2, 0.25) is 0 Å². The molecule has 2 aromatic rings. The average molecular weight is 352 g/mol. The molecule has 8 nitrogen and oxygen atoms in total. The van der Waals surface area contributed by atoms with Crippen molar-refractivity contribution in [1.29, 1.82) is 0 Å². The van der Waals surface area contributed by atoms with Crippen LogP contribution >= 0.6 is 0 Å². The van der Waals surface area contributed by atoms with Crippen molar-refractivity contribution in [2.24, 2.45) is 4.99 Å². The summed E-state index contributed by atoms with van der Waals surface area (Å²) in [5.41, 5.74) is 1.05. The van der Waals surface area contributed by atoms with Gasteiger partial charge in [0.1, 0.15) is 13.2 Å². The zero-order valence-corrected chi connectivity index (χ0v) is 13.4. The van der Waals surface area contributed by atoms with E-state index in [1.165, 1.54) is 18.2 Å². The zero-order chi connectivity index (χ0) is 18.1. The number of non-ortho nitro benzene ring substituents is 1. The van der Waals surface area contributed by atoms with Gasteiger partial charge in [-0.2, -0.15) is 0 Å². The molecule has 26 heavy (non-hydrogen) atoms. The minimum atomic E-state index is -0.624. The maximum atomic E-state index is 12.1. The van der Waals surface area contributed by atoms with Gasteiger partial charge in [0, 0.05) is 17.7 Å². The van der Waals surface area contributed by atoms with E-state index in [2.05, 4.69) is 4.99 Å². The molecule has 2 heterocycles. The van der Waals surface area contributed by atoms with Crippen molar-refractivity contribution in [2.45, 2.75) is 0 Å². The number of ether oxygens (including phenoxy) is 3. The monoisotopic (exact) mass is 352 g/mol. The lowest BCUT2D eigenvalue weighted by molar-refractivity contribution is -0.384. The number of hydrogen-bond acceptors (Lipinski definition) is 7.